The minimum atomic E-state index is -0.678. The molecule has 20 heavy (non-hydrogen) atoms. The van der Waals surface area contributed by atoms with E-state index >= 15 is 0 Å². The van der Waals surface area contributed by atoms with Crippen LogP contribution < -0.4 is 0 Å². The zero-order chi connectivity index (χ0) is 14.4. The lowest BCUT2D eigenvalue weighted by Gasteiger charge is -2.27. The van der Waals surface area contributed by atoms with Gasteiger partial charge in [-0.3, -0.25) is 9.00 Å². The highest BCUT2D eigenvalue weighted by Gasteiger charge is 2.43. The number of carbonyl (C=O) groups excluding carboxylic acids is 1. The first-order chi connectivity index (χ1) is 9.47. The predicted molar refractivity (Wildman–Crippen MR) is 82.7 cm³/mol. The first kappa shape index (κ1) is 14.0. The Hall–Kier alpha value is -0.960. The fraction of sp³-hybridized carbons (Fsp3) is 0.588. The molecule has 2 heterocycles. The van der Waals surface area contributed by atoms with Gasteiger partial charge in [-0.25, -0.2) is 0 Å². The van der Waals surface area contributed by atoms with Crippen molar-refractivity contribution in [1.82, 2.24) is 0 Å². The molecule has 0 radical (unpaired) electrons. The summed E-state index contributed by atoms with van der Waals surface area (Å²) in [7, 11) is -0.678. The van der Waals surface area contributed by atoms with Crippen molar-refractivity contribution in [1.29, 1.82) is 0 Å². The molecule has 0 aromatic heterocycles. The Bertz CT molecular complexity index is 575. The smallest absolute Gasteiger partial charge is 0.166 e. The molecule has 3 rings (SSSR count). The van der Waals surface area contributed by atoms with E-state index in [0.717, 1.165) is 36.8 Å². The summed E-state index contributed by atoms with van der Waals surface area (Å²) >= 11 is 0. The number of carbonyl (C=O) groups is 1. The van der Waals surface area contributed by atoms with Crippen LogP contribution in [0.25, 0.3) is 0 Å². The van der Waals surface area contributed by atoms with E-state index in [1.165, 1.54) is 11.1 Å². The Morgan fingerprint density at radius 1 is 1.00 bits per heavy atom. The fourth-order valence-electron chi connectivity index (χ4n) is 3.69. The summed E-state index contributed by atoms with van der Waals surface area (Å²) in [5.41, 5.74) is 4.38. The van der Waals surface area contributed by atoms with E-state index in [9.17, 15) is 9.00 Å². The monoisotopic (exact) mass is 290 g/mol. The summed E-state index contributed by atoms with van der Waals surface area (Å²) in [5.74, 6) is 0.366. The summed E-state index contributed by atoms with van der Waals surface area (Å²) in [6.07, 6.45) is 3.75. The van der Waals surface area contributed by atoms with E-state index in [1.54, 1.807) is 0 Å². The van der Waals surface area contributed by atoms with E-state index in [0.29, 0.717) is 0 Å². The Morgan fingerprint density at radius 2 is 1.55 bits per heavy atom. The third-order valence-electron chi connectivity index (χ3n) is 5.04. The van der Waals surface area contributed by atoms with Crippen LogP contribution in [0.4, 0.5) is 0 Å². The van der Waals surface area contributed by atoms with Crippen molar-refractivity contribution in [3.8, 4) is 0 Å². The highest BCUT2D eigenvalue weighted by atomic mass is 32.2. The number of ketones is 1. The molecular formula is C17H22O2S. The van der Waals surface area contributed by atoms with Crippen LogP contribution in [0.5, 0.6) is 0 Å². The molecule has 0 saturated carbocycles. The van der Waals surface area contributed by atoms with Gasteiger partial charge in [0.05, 0.1) is 0 Å². The van der Waals surface area contributed by atoms with Gasteiger partial charge in [0.15, 0.2) is 5.78 Å². The van der Waals surface area contributed by atoms with Gasteiger partial charge in [0, 0.05) is 32.8 Å². The minimum Gasteiger partial charge on any atom is -0.294 e. The van der Waals surface area contributed by atoms with Gasteiger partial charge in [-0.2, -0.15) is 0 Å². The van der Waals surface area contributed by atoms with Gasteiger partial charge in [0.25, 0.3) is 0 Å². The molecule has 0 amide bonds. The Kier molecular flexibility index (Phi) is 3.57. The van der Waals surface area contributed by atoms with E-state index in [1.807, 2.05) is 13.0 Å². The fourth-order valence-corrected chi connectivity index (χ4v) is 5.82. The van der Waals surface area contributed by atoms with Crippen molar-refractivity contribution >= 4 is 16.6 Å². The standard InChI is InChI=1S/C17H22O2S/c1-10-6-12(3)16(7-11(10)2)17(18)13-8-14-4-5-15(9-13)20(14)19/h6-7,13-15H,4-5,8-9H2,1-3H3. The van der Waals surface area contributed by atoms with Gasteiger partial charge in [-0.15, -0.1) is 0 Å². The lowest BCUT2D eigenvalue weighted by molar-refractivity contribution is 0.0905. The lowest BCUT2D eigenvalue weighted by Crippen LogP contribution is -2.32. The van der Waals surface area contributed by atoms with Crippen LogP contribution >= 0.6 is 0 Å². The number of fused-ring (bicyclic) bond motifs is 2. The van der Waals surface area contributed by atoms with E-state index in [-0.39, 0.29) is 22.2 Å². The number of rotatable bonds is 2. The summed E-state index contributed by atoms with van der Waals surface area (Å²) in [4.78, 5) is 12.8. The number of benzene rings is 1. The van der Waals surface area contributed by atoms with Gasteiger partial charge in [0.1, 0.15) is 0 Å². The maximum Gasteiger partial charge on any atom is 0.166 e. The summed E-state index contributed by atoms with van der Waals surface area (Å²) < 4.78 is 12.1. The van der Waals surface area contributed by atoms with Crippen LogP contribution in [0.15, 0.2) is 12.1 Å². The molecule has 0 N–H and O–H groups in total. The average Bonchev–Trinajstić information content (AvgIpc) is 2.65. The minimum absolute atomic E-state index is 0.0889. The quantitative estimate of drug-likeness (QED) is 0.781. The van der Waals surface area contributed by atoms with Gasteiger partial charge < -0.3 is 0 Å². The van der Waals surface area contributed by atoms with Crippen molar-refractivity contribution in [2.24, 2.45) is 5.92 Å². The predicted octanol–water partition coefficient (Wildman–Crippen LogP) is 3.48. The highest BCUT2D eigenvalue weighted by Crippen LogP contribution is 2.40. The van der Waals surface area contributed by atoms with Crippen LogP contribution in [-0.4, -0.2) is 20.5 Å². The second kappa shape index (κ2) is 5.10. The zero-order valence-electron chi connectivity index (χ0n) is 12.4. The molecule has 1 aromatic carbocycles. The second-order valence-corrected chi connectivity index (χ2v) is 8.42. The number of aryl methyl sites for hydroxylation is 3. The van der Waals surface area contributed by atoms with Crippen molar-refractivity contribution in [2.45, 2.75) is 57.0 Å². The summed E-state index contributed by atoms with van der Waals surface area (Å²) in [5, 5.41) is 0.545. The van der Waals surface area contributed by atoms with Crippen molar-refractivity contribution in [3.05, 3.63) is 34.4 Å². The second-order valence-electron chi connectivity index (χ2n) is 6.43. The van der Waals surface area contributed by atoms with Gasteiger partial charge in [-0.1, -0.05) is 6.07 Å². The van der Waals surface area contributed by atoms with Crippen LogP contribution in [-0.2, 0) is 10.8 Å². The van der Waals surface area contributed by atoms with Crippen molar-refractivity contribution in [3.63, 3.8) is 0 Å². The molecule has 2 saturated heterocycles. The largest absolute Gasteiger partial charge is 0.294 e. The molecular weight excluding hydrogens is 268 g/mol. The van der Waals surface area contributed by atoms with E-state index in [4.69, 9.17) is 0 Å². The van der Waals surface area contributed by atoms with Crippen molar-refractivity contribution < 1.29 is 9.00 Å². The summed E-state index contributed by atoms with van der Waals surface area (Å²) in [6.45, 7) is 6.17. The Morgan fingerprint density at radius 3 is 2.15 bits per heavy atom. The maximum atomic E-state index is 12.8. The Labute approximate surface area is 123 Å². The van der Waals surface area contributed by atoms with Crippen LogP contribution in [0, 0.1) is 26.7 Å². The number of hydrogen-bond donors (Lipinski definition) is 0. The molecule has 0 spiro atoms. The van der Waals surface area contributed by atoms with Gasteiger partial charge in [-0.05, 0) is 69.2 Å². The third-order valence-corrected chi connectivity index (χ3v) is 7.21. The normalized spacial score (nSPS) is 32.4. The molecule has 2 unspecified atom stereocenters. The first-order valence-corrected chi connectivity index (χ1v) is 8.76. The Balaban J connectivity index is 1.87. The van der Waals surface area contributed by atoms with Gasteiger partial charge >= 0.3 is 0 Å². The molecule has 108 valence electrons. The topological polar surface area (TPSA) is 34.1 Å². The molecule has 2 nitrogen and oxygen atoms in total. The van der Waals surface area contributed by atoms with Gasteiger partial charge in [0.2, 0.25) is 0 Å². The summed E-state index contributed by atoms with van der Waals surface area (Å²) in [6, 6.07) is 4.15. The SMILES string of the molecule is Cc1cc(C)c(C(=O)C2CC3CCC(C2)S3=O)cc1C. The van der Waals surface area contributed by atoms with E-state index < -0.39 is 10.8 Å². The van der Waals surface area contributed by atoms with Crippen molar-refractivity contribution in [2.75, 3.05) is 0 Å². The van der Waals surface area contributed by atoms with E-state index in [2.05, 4.69) is 19.9 Å². The molecule has 2 bridgehead atoms. The molecule has 2 aliphatic heterocycles. The first-order valence-electron chi connectivity index (χ1n) is 7.49. The van der Waals surface area contributed by atoms with Crippen LogP contribution in [0.1, 0.15) is 52.7 Å². The maximum absolute atomic E-state index is 12.8. The van der Waals surface area contributed by atoms with Crippen LogP contribution in [0.2, 0.25) is 0 Å². The molecule has 2 aliphatic rings. The highest BCUT2D eigenvalue weighted by molar-refractivity contribution is 7.86. The molecule has 3 heteroatoms. The van der Waals surface area contributed by atoms with Crippen LogP contribution in [0.3, 0.4) is 0 Å². The molecule has 1 aromatic rings. The zero-order valence-corrected chi connectivity index (χ0v) is 13.3. The number of hydrogen-bond acceptors (Lipinski definition) is 2. The molecule has 2 fully saturated rings. The number of Topliss-reactive ketones (excluding diaryl/α,β-unsaturated/α-hetero) is 1. The third kappa shape index (κ3) is 2.26. The lowest BCUT2D eigenvalue weighted by atomic mass is 9.87. The molecule has 2 atom stereocenters. The average molecular weight is 290 g/mol. The molecule has 0 aliphatic carbocycles.